The molecular weight excluding hydrogens is 404 g/mol. The summed E-state index contributed by atoms with van der Waals surface area (Å²) in [6.07, 6.45) is 1.15. The van der Waals surface area contributed by atoms with Gasteiger partial charge in [-0.05, 0) is 48.2 Å². The molecule has 1 fully saturated rings. The second-order valence-corrected chi connectivity index (χ2v) is 7.47. The van der Waals surface area contributed by atoms with Crippen LogP contribution in [0.25, 0.3) is 0 Å². The van der Waals surface area contributed by atoms with Gasteiger partial charge >= 0.3 is 5.97 Å². The minimum atomic E-state index is -0.288. The molecule has 166 valence electrons. The fourth-order valence-corrected chi connectivity index (χ4v) is 4.17. The topological polar surface area (TPSA) is 81.7 Å². The summed E-state index contributed by atoms with van der Waals surface area (Å²) in [6, 6.07) is 7.60. The van der Waals surface area contributed by atoms with Crippen LogP contribution in [0.4, 0.5) is 0 Å². The molecule has 0 N–H and O–H groups in total. The summed E-state index contributed by atoms with van der Waals surface area (Å²) in [5.74, 6) is 3.04. The van der Waals surface area contributed by atoms with Gasteiger partial charge < -0.3 is 33.2 Å². The second-order valence-electron chi connectivity index (χ2n) is 7.47. The third kappa shape index (κ3) is 4.02. The highest BCUT2D eigenvalue weighted by molar-refractivity contribution is 5.75. The van der Waals surface area contributed by atoms with Crippen molar-refractivity contribution < 1.29 is 38.0 Å². The Morgan fingerprint density at radius 3 is 2.10 bits per heavy atom. The molecule has 31 heavy (non-hydrogen) atoms. The first-order chi connectivity index (χ1) is 15.1. The van der Waals surface area contributed by atoms with Crippen LogP contribution in [0.5, 0.6) is 34.5 Å². The number of rotatable bonds is 8. The highest BCUT2D eigenvalue weighted by Gasteiger charge is 2.37. The van der Waals surface area contributed by atoms with Crippen molar-refractivity contribution in [2.24, 2.45) is 11.8 Å². The molecule has 2 heterocycles. The van der Waals surface area contributed by atoms with E-state index in [9.17, 15) is 4.79 Å². The van der Waals surface area contributed by atoms with Crippen molar-refractivity contribution >= 4 is 5.97 Å². The summed E-state index contributed by atoms with van der Waals surface area (Å²) in [5, 5.41) is 0. The van der Waals surface area contributed by atoms with E-state index in [1.54, 1.807) is 28.4 Å². The summed E-state index contributed by atoms with van der Waals surface area (Å²) < 4.78 is 38.1. The highest BCUT2D eigenvalue weighted by Crippen LogP contribution is 2.43. The van der Waals surface area contributed by atoms with Crippen LogP contribution < -0.4 is 28.4 Å². The Kier molecular flexibility index (Phi) is 5.97. The molecular formula is C23H26O8. The summed E-state index contributed by atoms with van der Waals surface area (Å²) in [7, 11) is 6.32. The Morgan fingerprint density at radius 2 is 1.45 bits per heavy atom. The average molecular weight is 430 g/mol. The van der Waals surface area contributed by atoms with Gasteiger partial charge in [0.2, 0.25) is 18.3 Å². The predicted octanol–water partition coefficient (Wildman–Crippen LogP) is 3.02. The van der Waals surface area contributed by atoms with Crippen LogP contribution in [0.1, 0.15) is 11.1 Å². The van der Waals surface area contributed by atoms with Gasteiger partial charge in [0.1, 0.15) is 0 Å². The lowest BCUT2D eigenvalue weighted by Crippen LogP contribution is -2.20. The van der Waals surface area contributed by atoms with Gasteiger partial charge in [-0.15, -0.1) is 0 Å². The molecule has 0 radical (unpaired) electrons. The molecule has 0 unspecified atom stereocenters. The maximum atomic E-state index is 12.5. The van der Waals surface area contributed by atoms with E-state index in [1.807, 2.05) is 24.3 Å². The average Bonchev–Trinajstić information content (AvgIpc) is 3.39. The summed E-state index contributed by atoms with van der Waals surface area (Å²) >= 11 is 0. The molecule has 0 bridgehead atoms. The van der Waals surface area contributed by atoms with Crippen molar-refractivity contribution in [2.45, 2.75) is 12.8 Å². The highest BCUT2D eigenvalue weighted by atomic mass is 16.7. The number of benzene rings is 2. The molecule has 1 saturated heterocycles. The fraction of sp³-hybridized carbons (Fsp3) is 0.435. The van der Waals surface area contributed by atoms with Crippen molar-refractivity contribution in [1.82, 2.24) is 0 Å². The predicted molar refractivity (Wildman–Crippen MR) is 111 cm³/mol. The van der Waals surface area contributed by atoms with Gasteiger partial charge in [0, 0.05) is 5.92 Å². The Labute approximate surface area is 180 Å². The molecule has 8 nitrogen and oxygen atoms in total. The molecule has 0 aromatic heterocycles. The Bertz CT molecular complexity index is 945. The van der Waals surface area contributed by atoms with Gasteiger partial charge in [-0.25, -0.2) is 0 Å². The Hall–Kier alpha value is -3.29. The van der Waals surface area contributed by atoms with Gasteiger partial charge in [0.15, 0.2) is 23.0 Å². The smallest absolute Gasteiger partial charge is 0.309 e. The zero-order chi connectivity index (χ0) is 22.0. The van der Waals surface area contributed by atoms with Crippen LogP contribution in [0, 0.1) is 11.8 Å². The van der Waals surface area contributed by atoms with Crippen LogP contribution >= 0.6 is 0 Å². The maximum Gasteiger partial charge on any atom is 0.309 e. The van der Waals surface area contributed by atoms with E-state index in [1.165, 1.54) is 0 Å². The number of cyclic esters (lactones) is 1. The summed E-state index contributed by atoms with van der Waals surface area (Å²) in [5.41, 5.74) is 1.91. The lowest BCUT2D eigenvalue weighted by atomic mass is 9.85. The first-order valence-electron chi connectivity index (χ1n) is 10.00. The lowest BCUT2D eigenvalue weighted by molar-refractivity contribution is -0.141. The van der Waals surface area contributed by atoms with E-state index in [-0.39, 0.29) is 24.6 Å². The van der Waals surface area contributed by atoms with E-state index in [0.29, 0.717) is 53.9 Å². The molecule has 0 saturated carbocycles. The van der Waals surface area contributed by atoms with Crippen LogP contribution in [-0.4, -0.2) is 47.8 Å². The van der Waals surface area contributed by atoms with E-state index in [0.717, 1.165) is 11.1 Å². The zero-order valence-corrected chi connectivity index (χ0v) is 18.1. The Balaban J connectivity index is 1.57. The quantitative estimate of drug-likeness (QED) is 0.591. The van der Waals surface area contributed by atoms with Gasteiger partial charge in [-0.2, -0.15) is 0 Å². The number of hydrogen-bond acceptors (Lipinski definition) is 8. The molecule has 2 aromatic carbocycles. The molecule has 2 atom stereocenters. The first kappa shape index (κ1) is 21.0. The standard InChI is InChI=1S/C23H26O8/c1-25-17-7-13(8-18(26-2)21(17)28-4)5-15-11-29-23(24)16(15)6-14-9-19(27-3)22-20(10-14)30-12-31-22/h7-10,15-16H,5-6,11-12H2,1-4H3/t15-,16+/m0/s1. The normalized spacial score (nSPS) is 19.2. The SMILES string of the molecule is COc1cc(C[C@H]2COC(=O)[C@@H]2Cc2cc(OC)c3c(c2)OCO3)cc(OC)c1OC. The molecule has 0 amide bonds. The van der Waals surface area contributed by atoms with E-state index in [4.69, 9.17) is 33.2 Å². The fourth-order valence-electron chi connectivity index (χ4n) is 4.17. The van der Waals surface area contributed by atoms with Crippen LogP contribution in [0.3, 0.4) is 0 Å². The van der Waals surface area contributed by atoms with Gasteiger partial charge in [0.25, 0.3) is 0 Å². The van der Waals surface area contributed by atoms with E-state index < -0.39 is 0 Å². The summed E-state index contributed by atoms with van der Waals surface area (Å²) in [4.78, 5) is 12.5. The van der Waals surface area contributed by atoms with Crippen LogP contribution in [0.15, 0.2) is 24.3 Å². The van der Waals surface area contributed by atoms with E-state index in [2.05, 4.69) is 0 Å². The number of carbonyl (C=O) groups excluding carboxylic acids is 1. The van der Waals surface area contributed by atoms with Crippen molar-refractivity contribution in [2.75, 3.05) is 41.8 Å². The number of fused-ring (bicyclic) bond motifs is 1. The molecule has 2 aliphatic rings. The summed E-state index contributed by atoms with van der Waals surface area (Å²) in [6.45, 7) is 0.520. The molecule has 4 rings (SSSR count). The first-order valence-corrected chi connectivity index (χ1v) is 10.00. The minimum Gasteiger partial charge on any atom is -0.493 e. The number of methoxy groups -OCH3 is 4. The Morgan fingerprint density at radius 1 is 0.806 bits per heavy atom. The van der Waals surface area contributed by atoms with Crippen LogP contribution in [0.2, 0.25) is 0 Å². The second kappa shape index (κ2) is 8.83. The van der Waals surface area contributed by atoms with Gasteiger partial charge in [0.05, 0.1) is 41.0 Å². The zero-order valence-electron chi connectivity index (χ0n) is 18.1. The lowest BCUT2D eigenvalue weighted by Gasteiger charge is -2.18. The molecule has 0 aliphatic carbocycles. The van der Waals surface area contributed by atoms with Gasteiger partial charge in [-0.3, -0.25) is 4.79 Å². The molecule has 0 spiro atoms. The van der Waals surface area contributed by atoms with Crippen molar-refractivity contribution in [3.05, 3.63) is 35.4 Å². The monoisotopic (exact) mass is 430 g/mol. The number of carbonyl (C=O) groups is 1. The molecule has 2 aromatic rings. The van der Waals surface area contributed by atoms with Crippen molar-refractivity contribution in [3.8, 4) is 34.5 Å². The largest absolute Gasteiger partial charge is 0.493 e. The minimum absolute atomic E-state index is 0.00623. The van der Waals surface area contributed by atoms with Crippen LogP contribution in [-0.2, 0) is 22.4 Å². The number of hydrogen-bond donors (Lipinski definition) is 0. The van der Waals surface area contributed by atoms with Crippen molar-refractivity contribution in [3.63, 3.8) is 0 Å². The third-order valence-corrected chi connectivity index (χ3v) is 5.71. The molecule has 8 heteroatoms. The number of ether oxygens (including phenoxy) is 7. The maximum absolute atomic E-state index is 12.5. The number of esters is 1. The molecule has 2 aliphatic heterocycles. The van der Waals surface area contributed by atoms with Crippen molar-refractivity contribution in [1.29, 1.82) is 0 Å². The van der Waals surface area contributed by atoms with E-state index >= 15 is 0 Å². The third-order valence-electron chi connectivity index (χ3n) is 5.71. The van der Waals surface area contributed by atoms with Gasteiger partial charge in [-0.1, -0.05) is 0 Å².